The van der Waals surface area contributed by atoms with E-state index in [0.29, 0.717) is 17.1 Å². The number of methoxy groups -OCH3 is 1. The number of ether oxygens (including phenoxy) is 1. The van der Waals surface area contributed by atoms with Crippen LogP contribution in [-0.4, -0.2) is 22.9 Å². The van der Waals surface area contributed by atoms with E-state index in [0.717, 1.165) is 0 Å². The SMILES string of the molecule is C=C(C)C(=O)c1cc(OC)ncn1. The minimum Gasteiger partial charge on any atom is -0.481 e. The maximum Gasteiger partial charge on any atom is 0.216 e. The van der Waals surface area contributed by atoms with Crippen LogP contribution in [0.5, 0.6) is 5.88 Å². The summed E-state index contributed by atoms with van der Waals surface area (Å²) in [5, 5.41) is 0. The molecule has 0 unspecified atom stereocenters. The molecule has 1 heterocycles. The maximum absolute atomic E-state index is 11.4. The number of hydrogen-bond acceptors (Lipinski definition) is 4. The molecule has 1 aromatic rings. The summed E-state index contributed by atoms with van der Waals surface area (Å²) >= 11 is 0. The third-order valence-corrected chi connectivity index (χ3v) is 1.47. The molecular formula is C9H10N2O2. The molecule has 0 amide bonds. The fraction of sp³-hybridized carbons (Fsp3) is 0.222. The van der Waals surface area contributed by atoms with E-state index in [1.165, 1.54) is 19.5 Å². The van der Waals surface area contributed by atoms with Gasteiger partial charge in [-0.1, -0.05) is 6.58 Å². The highest BCUT2D eigenvalue weighted by atomic mass is 16.5. The van der Waals surface area contributed by atoms with E-state index >= 15 is 0 Å². The van der Waals surface area contributed by atoms with Crippen LogP contribution in [0.3, 0.4) is 0 Å². The molecule has 0 atom stereocenters. The number of rotatable bonds is 3. The van der Waals surface area contributed by atoms with Crippen molar-refractivity contribution in [2.24, 2.45) is 0 Å². The average Bonchev–Trinajstić information content (AvgIpc) is 2.16. The number of aromatic nitrogens is 2. The molecule has 1 aromatic heterocycles. The lowest BCUT2D eigenvalue weighted by Gasteiger charge is -2.00. The molecule has 0 bridgehead atoms. The van der Waals surface area contributed by atoms with E-state index in [2.05, 4.69) is 16.5 Å². The number of Topliss-reactive ketones (excluding diaryl/α,β-unsaturated/α-hetero) is 1. The van der Waals surface area contributed by atoms with Crippen LogP contribution in [0, 0.1) is 0 Å². The predicted octanol–water partition coefficient (Wildman–Crippen LogP) is 1.24. The van der Waals surface area contributed by atoms with Gasteiger partial charge >= 0.3 is 0 Å². The number of nitrogens with zero attached hydrogens (tertiary/aromatic N) is 2. The standard InChI is InChI=1S/C9H10N2O2/c1-6(2)9(12)7-4-8(13-3)11-5-10-7/h4-5H,1H2,2-3H3. The quantitative estimate of drug-likeness (QED) is 0.516. The minimum atomic E-state index is -0.194. The van der Waals surface area contributed by atoms with Crippen molar-refractivity contribution in [1.82, 2.24) is 9.97 Å². The first-order valence-corrected chi connectivity index (χ1v) is 3.71. The van der Waals surface area contributed by atoms with E-state index in [9.17, 15) is 4.79 Å². The fourth-order valence-electron chi connectivity index (χ4n) is 0.794. The van der Waals surface area contributed by atoms with Crippen LogP contribution >= 0.6 is 0 Å². The Morgan fingerprint density at radius 1 is 1.54 bits per heavy atom. The Hall–Kier alpha value is -1.71. The van der Waals surface area contributed by atoms with Crippen molar-refractivity contribution < 1.29 is 9.53 Å². The third-order valence-electron chi connectivity index (χ3n) is 1.47. The topological polar surface area (TPSA) is 52.1 Å². The minimum absolute atomic E-state index is 0.194. The highest BCUT2D eigenvalue weighted by Gasteiger charge is 2.08. The summed E-state index contributed by atoms with van der Waals surface area (Å²) in [5.74, 6) is 0.181. The van der Waals surface area contributed by atoms with Gasteiger partial charge < -0.3 is 4.74 Å². The van der Waals surface area contributed by atoms with Crippen LogP contribution in [0.15, 0.2) is 24.5 Å². The summed E-state index contributed by atoms with van der Waals surface area (Å²) in [5.41, 5.74) is 0.750. The van der Waals surface area contributed by atoms with Crippen LogP contribution in [0.25, 0.3) is 0 Å². The number of carbonyl (C=O) groups excluding carboxylic acids is 1. The van der Waals surface area contributed by atoms with Crippen molar-refractivity contribution in [3.05, 3.63) is 30.2 Å². The molecule has 0 aliphatic carbocycles. The summed E-state index contributed by atoms with van der Waals surface area (Å²) in [6.07, 6.45) is 1.29. The molecule has 4 heteroatoms. The van der Waals surface area contributed by atoms with Gasteiger partial charge in [0.05, 0.1) is 7.11 Å². The number of hydrogen-bond donors (Lipinski definition) is 0. The first kappa shape index (κ1) is 9.38. The van der Waals surface area contributed by atoms with Gasteiger partial charge in [-0.05, 0) is 12.5 Å². The van der Waals surface area contributed by atoms with E-state index in [1.807, 2.05) is 0 Å². The summed E-state index contributed by atoms with van der Waals surface area (Å²) in [6, 6.07) is 1.48. The lowest BCUT2D eigenvalue weighted by Crippen LogP contribution is -2.03. The lowest BCUT2D eigenvalue weighted by molar-refractivity contribution is 0.102. The Kier molecular flexibility index (Phi) is 2.74. The van der Waals surface area contributed by atoms with Gasteiger partial charge in [0.15, 0.2) is 0 Å². The molecule has 0 spiro atoms. The van der Waals surface area contributed by atoms with Gasteiger partial charge in [0.2, 0.25) is 11.7 Å². The van der Waals surface area contributed by atoms with Gasteiger partial charge in [0, 0.05) is 6.07 Å². The van der Waals surface area contributed by atoms with Crippen LogP contribution in [0.2, 0.25) is 0 Å². The maximum atomic E-state index is 11.4. The highest BCUT2D eigenvalue weighted by Crippen LogP contribution is 2.08. The summed E-state index contributed by atoms with van der Waals surface area (Å²) in [4.78, 5) is 19.0. The molecule has 4 nitrogen and oxygen atoms in total. The molecular weight excluding hydrogens is 168 g/mol. The summed E-state index contributed by atoms with van der Waals surface area (Å²) in [7, 11) is 1.48. The molecule has 0 aliphatic heterocycles. The molecule has 0 aromatic carbocycles. The van der Waals surface area contributed by atoms with Gasteiger partial charge in [-0.2, -0.15) is 0 Å². The normalized spacial score (nSPS) is 9.38. The largest absolute Gasteiger partial charge is 0.481 e. The van der Waals surface area contributed by atoms with Gasteiger partial charge in [0.25, 0.3) is 0 Å². The number of allylic oxidation sites excluding steroid dienone is 1. The summed E-state index contributed by atoms with van der Waals surface area (Å²) in [6.45, 7) is 5.17. The van der Waals surface area contributed by atoms with Gasteiger partial charge in [-0.3, -0.25) is 4.79 Å². The van der Waals surface area contributed by atoms with Gasteiger partial charge in [0.1, 0.15) is 12.0 Å². The fourth-order valence-corrected chi connectivity index (χ4v) is 0.794. The monoisotopic (exact) mass is 178 g/mol. The Morgan fingerprint density at radius 2 is 2.23 bits per heavy atom. The van der Waals surface area contributed by atoms with E-state index in [-0.39, 0.29) is 5.78 Å². The molecule has 1 rings (SSSR count). The van der Waals surface area contributed by atoms with E-state index in [1.54, 1.807) is 6.92 Å². The number of carbonyl (C=O) groups is 1. The lowest BCUT2D eigenvalue weighted by atomic mass is 10.1. The first-order chi connectivity index (χ1) is 6.15. The van der Waals surface area contributed by atoms with Crippen molar-refractivity contribution in [2.45, 2.75) is 6.92 Å². The van der Waals surface area contributed by atoms with Crippen LogP contribution < -0.4 is 4.74 Å². The molecule has 0 radical (unpaired) electrons. The Labute approximate surface area is 76.3 Å². The zero-order valence-electron chi connectivity index (χ0n) is 7.57. The Bertz CT molecular complexity index is 347. The predicted molar refractivity (Wildman–Crippen MR) is 47.7 cm³/mol. The molecule has 0 saturated heterocycles. The Morgan fingerprint density at radius 3 is 2.77 bits per heavy atom. The summed E-state index contributed by atoms with van der Waals surface area (Å²) < 4.78 is 4.85. The molecule has 68 valence electrons. The zero-order valence-corrected chi connectivity index (χ0v) is 7.57. The average molecular weight is 178 g/mol. The van der Waals surface area contributed by atoms with Crippen molar-refractivity contribution in [1.29, 1.82) is 0 Å². The van der Waals surface area contributed by atoms with Crippen molar-refractivity contribution >= 4 is 5.78 Å². The second-order valence-electron chi connectivity index (χ2n) is 2.56. The molecule has 0 saturated carbocycles. The molecule has 0 aliphatic rings. The smallest absolute Gasteiger partial charge is 0.216 e. The van der Waals surface area contributed by atoms with Crippen LogP contribution in [-0.2, 0) is 0 Å². The van der Waals surface area contributed by atoms with Crippen LogP contribution in [0.1, 0.15) is 17.4 Å². The third kappa shape index (κ3) is 2.11. The molecule has 0 fully saturated rings. The van der Waals surface area contributed by atoms with Crippen LogP contribution in [0.4, 0.5) is 0 Å². The molecule has 0 N–H and O–H groups in total. The highest BCUT2D eigenvalue weighted by molar-refractivity contribution is 6.06. The molecule has 13 heavy (non-hydrogen) atoms. The second-order valence-corrected chi connectivity index (χ2v) is 2.56. The second kappa shape index (κ2) is 3.80. The van der Waals surface area contributed by atoms with Crippen molar-refractivity contribution in [2.75, 3.05) is 7.11 Å². The van der Waals surface area contributed by atoms with Gasteiger partial charge in [-0.25, -0.2) is 9.97 Å². The van der Waals surface area contributed by atoms with E-state index < -0.39 is 0 Å². The van der Waals surface area contributed by atoms with Gasteiger partial charge in [-0.15, -0.1) is 0 Å². The van der Waals surface area contributed by atoms with Crippen molar-refractivity contribution in [3.63, 3.8) is 0 Å². The zero-order chi connectivity index (χ0) is 9.84. The van der Waals surface area contributed by atoms with Crippen molar-refractivity contribution in [3.8, 4) is 5.88 Å². The number of ketones is 1. The Balaban J connectivity index is 3.02. The van der Waals surface area contributed by atoms with E-state index in [4.69, 9.17) is 4.74 Å². The first-order valence-electron chi connectivity index (χ1n) is 3.71.